The van der Waals surface area contributed by atoms with Crippen molar-refractivity contribution in [1.82, 2.24) is 10.2 Å². The van der Waals surface area contributed by atoms with Crippen molar-refractivity contribution in [2.75, 3.05) is 19.6 Å². The van der Waals surface area contributed by atoms with Crippen LogP contribution in [0.4, 0.5) is 0 Å². The van der Waals surface area contributed by atoms with Crippen LogP contribution >= 0.6 is 0 Å². The van der Waals surface area contributed by atoms with E-state index in [0.29, 0.717) is 6.04 Å². The van der Waals surface area contributed by atoms with E-state index in [1.807, 2.05) is 0 Å². The van der Waals surface area contributed by atoms with Crippen LogP contribution in [0.3, 0.4) is 0 Å². The van der Waals surface area contributed by atoms with E-state index in [4.69, 9.17) is 0 Å². The lowest BCUT2D eigenvalue weighted by molar-refractivity contribution is 0.233. The molecule has 17 heavy (non-hydrogen) atoms. The first-order chi connectivity index (χ1) is 8.15. The molecule has 0 bridgehead atoms. The van der Waals surface area contributed by atoms with Gasteiger partial charge in [0.05, 0.1) is 0 Å². The maximum atomic E-state index is 3.52. The highest BCUT2D eigenvalue weighted by Gasteiger charge is 2.05. The van der Waals surface area contributed by atoms with E-state index in [-0.39, 0.29) is 0 Å². The van der Waals surface area contributed by atoms with E-state index in [9.17, 15) is 0 Å². The molecule has 0 aliphatic heterocycles. The lowest BCUT2D eigenvalue weighted by Crippen LogP contribution is -2.36. The van der Waals surface area contributed by atoms with Crippen LogP contribution in [0.1, 0.15) is 31.9 Å². The second-order valence-electron chi connectivity index (χ2n) is 4.83. The number of nitrogens with one attached hydrogen (secondary N) is 1. The van der Waals surface area contributed by atoms with Gasteiger partial charge >= 0.3 is 0 Å². The van der Waals surface area contributed by atoms with E-state index >= 15 is 0 Å². The molecule has 1 aromatic carbocycles. The third-order valence-electron chi connectivity index (χ3n) is 3.29. The third kappa shape index (κ3) is 4.88. The molecule has 1 N–H and O–H groups in total. The molecule has 0 heterocycles. The van der Waals surface area contributed by atoms with Crippen LogP contribution in [0.25, 0.3) is 0 Å². The first-order valence-electron chi connectivity index (χ1n) is 6.64. The summed E-state index contributed by atoms with van der Waals surface area (Å²) in [6.07, 6.45) is 0. The minimum atomic E-state index is 0.639. The quantitative estimate of drug-likeness (QED) is 0.730. The molecule has 2 nitrogen and oxygen atoms in total. The van der Waals surface area contributed by atoms with E-state index in [2.05, 4.69) is 62.2 Å². The summed E-state index contributed by atoms with van der Waals surface area (Å²) in [6, 6.07) is 9.21. The van der Waals surface area contributed by atoms with Crippen molar-refractivity contribution in [2.24, 2.45) is 0 Å². The fourth-order valence-corrected chi connectivity index (χ4v) is 2.04. The summed E-state index contributed by atoms with van der Waals surface area (Å²) in [5.74, 6) is 0. The van der Waals surface area contributed by atoms with Crippen LogP contribution in [0.15, 0.2) is 24.3 Å². The molecule has 0 aromatic heterocycles. The van der Waals surface area contributed by atoms with Crippen molar-refractivity contribution in [3.05, 3.63) is 35.4 Å². The molecular formula is C15H26N2. The minimum absolute atomic E-state index is 0.639. The zero-order chi connectivity index (χ0) is 12.7. The Hall–Kier alpha value is -0.860. The predicted octanol–water partition coefficient (Wildman–Crippen LogP) is 2.81. The Bertz CT molecular complexity index is 320. The fourth-order valence-electron chi connectivity index (χ4n) is 2.04. The van der Waals surface area contributed by atoms with Crippen molar-refractivity contribution in [1.29, 1.82) is 0 Å². The van der Waals surface area contributed by atoms with Gasteiger partial charge in [-0.25, -0.2) is 0 Å². The van der Waals surface area contributed by atoms with Gasteiger partial charge in [-0.15, -0.1) is 0 Å². The highest BCUT2D eigenvalue weighted by atomic mass is 15.2. The standard InChI is InChI=1S/C15H26N2/c1-5-17(13(2)3)11-10-16-12-15-9-7-6-8-14(15)4/h6-9,13,16H,5,10-12H2,1-4H3. The number of nitrogens with zero attached hydrogens (tertiary/aromatic N) is 1. The van der Waals surface area contributed by atoms with Crippen molar-refractivity contribution in [3.63, 3.8) is 0 Å². The molecule has 0 radical (unpaired) electrons. The van der Waals surface area contributed by atoms with Crippen LogP contribution in [-0.4, -0.2) is 30.6 Å². The molecule has 1 aromatic rings. The topological polar surface area (TPSA) is 15.3 Å². The molecule has 0 spiro atoms. The van der Waals surface area contributed by atoms with Gasteiger partial charge < -0.3 is 5.32 Å². The highest BCUT2D eigenvalue weighted by molar-refractivity contribution is 5.25. The molecule has 0 saturated heterocycles. The van der Waals surface area contributed by atoms with E-state index in [1.54, 1.807) is 0 Å². The van der Waals surface area contributed by atoms with Gasteiger partial charge in [-0.1, -0.05) is 31.2 Å². The number of hydrogen-bond donors (Lipinski definition) is 1. The number of rotatable bonds is 7. The zero-order valence-corrected chi connectivity index (χ0v) is 11.7. The summed E-state index contributed by atoms with van der Waals surface area (Å²) >= 11 is 0. The smallest absolute Gasteiger partial charge is 0.0208 e. The normalized spacial score (nSPS) is 11.4. The second-order valence-corrected chi connectivity index (χ2v) is 4.83. The van der Waals surface area contributed by atoms with Crippen LogP contribution in [0, 0.1) is 6.92 Å². The van der Waals surface area contributed by atoms with E-state index in [0.717, 1.165) is 26.2 Å². The number of hydrogen-bond acceptors (Lipinski definition) is 2. The van der Waals surface area contributed by atoms with Gasteiger partial charge in [-0.05, 0) is 38.4 Å². The first-order valence-corrected chi connectivity index (χ1v) is 6.64. The summed E-state index contributed by atoms with van der Waals surface area (Å²) in [7, 11) is 0. The van der Waals surface area contributed by atoms with Gasteiger partial charge in [-0.2, -0.15) is 0 Å². The molecule has 0 unspecified atom stereocenters. The van der Waals surface area contributed by atoms with Crippen molar-refractivity contribution >= 4 is 0 Å². The Kier molecular flexibility index (Phi) is 6.23. The molecule has 0 amide bonds. The van der Waals surface area contributed by atoms with Gasteiger partial charge in [0, 0.05) is 25.7 Å². The molecule has 0 fully saturated rings. The Morgan fingerprint density at radius 2 is 1.94 bits per heavy atom. The van der Waals surface area contributed by atoms with Gasteiger partial charge in [0.15, 0.2) is 0 Å². The average Bonchev–Trinajstić information content (AvgIpc) is 2.31. The molecule has 0 aliphatic rings. The van der Waals surface area contributed by atoms with Gasteiger partial charge in [-0.3, -0.25) is 4.90 Å². The van der Waals surface area contributed by atoms with E-state index in [1.165, 1.54) is 11.1 Å². The Morgan fingerprint density at radius 1 is 1.24 bits per heavy atom. The number of benzene rings is 1. The van der Waals surface area contributed by atoms with Crippen molar-refractivity contribution in [3.8, 4) is 0 Å². The monoisotopic (exact) mass is 234 g/mol. The van der Waals surface area contributed by atoms with Crippen LogP contribution in [-0.2, 0) is 6.54 Å². The summed E-state index contributed by atoms with van der Waals surface area (Å²) in [5, 5.41) is 3.52. The van der Waals surface area contributed by atoms with Crippen LogP contribution in [0.2, 0.25) is 0 Å². The van der Waals surface area contributed by atoms with Gasteiger partial charge in [0.2, 0.25) is 0 Å². The average molecular weight is 234 g/mol. The highest BCUT2D eigenvalue weighted by Crippen LogP contribution is 2.05. The lowest BCUT2D eigenvalue weighted by atomic mass is 10.1. The molecule has 96 valence electrons. The van der Waals surface area contributed by atoms with Crippen LogP contribution in [0.5, 0.6) is 0 Å². The fraction of sp³-hybridized carbons (Fsp3) is 0.600. The Balaban J connectivity index is 2.27. The number of likely N-dealkylation sites (N-methyl/N-ethyl adjacent to an activating group) is 1. The van der Waals surface area contributed by atoms with Gasteiger partial charge in [0.1, 0.15) is 0 Å². The molecule has 1 rings (SSSR count). The lowest BCUT2D eigenvalue weighted by Gasteiger charge is -2.24. The van der Waals surface area contributed by atoms with Gasteiger partial charge in [0.25, 0.3) is 0 Å². The maximum absolute atomic E-state index is 3.52. The third-order valence-corrected chi connectivity index (χ3v) is 3.29. The second kappa shape index (κ2) is 7.46. The Labute approximate surface area is 106 Å². The predicted molar refractivity (Wildman–Crippen MR) is 75.3 cm³/mol. The first kappa shape index (κ1) is 14.2. The summed E-state index contributed by atoms with van der Waals surface area (Å²) < 4.78 is 0. The molecule has 2 heteroatoms. The zero-order valence-electron chi connectivity index (χ0n) is 11.7. The summed E-state index contributed by atoms with van der Waals surface area (Å²) in [5.41, 5.74) is 2.77. The number of aryl methyl sites for hydroxylation is 1. The minimum Gasteiger partial charge on any atom is -0.311 e. The summed E-state index contributed by atoms with van der Waals surface area (Å²) in [6.45, 7) is 13.2. The summed E-state index contributed by atoms with van der Waals surface area (Å²) in [4.78, 5) is 2.48. The van der Waals surface area contributed by atoms with E-state index < -0.39 is 0 Å². The van der Waals surface area contributed by atoms with Crippen molar-refractivity contribution < 1.29 is 0 Å². The largest absolute Gasteiger partial charge is 0.311 e. The molecule has 0 atom stereocenters. The maximum Gasteiger partial charge on any atom is 0.0208 e. The molecule has 0 saturated carbocycles. The Morgan fingerprint density at radius 3 is 2.53 bits per heavy atom. The van der Waals surface area contributed by atoms with Crippen LogP contribution < -0.4 is 5.32 Å². The van der Waals surface area contributed by atoms with Crippen molar-refractivity contribution in [2.45, 2.75) is 40.3 Å². The molecule has 0 aliphatic carbocycles. The molecular weight excluding hydrogens is 208 g/mol. The SMILES string of the molecule is CCN(CCNCc1ccccc1C)C(C)C.